The number of benzene rings is 1. The fourth-order valence-electron chi connectivity index (χ4n) is 2.83. The molecule has 1 fully saturated rings. The fourth-order valence-corrected chi connectivity index (χ4v) is 2.83. The molecule has 2 rings (SSSR count). The van der Waals surface area contributed by atoms with Crippen molar-refractivity contribution in [2.45, 2.75) is 45.3 Å². The lowest BCUT2D eigenvalue weighted by Crippen LogP contribution is -2.35. The van der Waals surface area contributed by atoms with E-state index in [1.165, 1.54) is 0 Å². The number of aliphatic hydroxyl groups is 1. The Morgan fingerprint density at radius 1 is 1.36 bits per heavy atom. The highest BCUT2D eigenvalue weighted by molar-refractivity contribution is 5.90. The summed E-state index contributed by atoms with van der Waals surface area (Å²) in [6, 6.07) is 7.44. The maximum Gasteiger partial charge on any atom is 0.319 e. The molecular weight excluding hydrogens is 280 g/mol. The standard InChI is InChI=1S/C17H26N2O3/c1-2-22-12-14-7-3-4-9-16(14)19-17(21)18-11-13-6-5-8-15(20)10-13/h3-4,7,9,13,15,20H,2,5-6,8,10-12H2,1H3,(H2,18,19,21). The van der Waals surface area contributed by atoms with Gasteiger partial charge in [0.15, 0.2) is 0 Å². The van der Waals surface area contributed by atoms with Crippen LogP contribution in [0.15, 0.2) is 24.3 Å². The number of carbonyl (C=O) groups excluding carboxylic acids is 1. The Bertz CT molecular complexity index is 479. The first kappa shape index (κ1) is 16.8. The predicted octanol–water partition coefficient (Wildman–Crippen LogP) is 2.90. The summed E-state index contributed by atoms with van der Waals surface area (Å²) in [5.41, 5.74) is 1.74. The van der Waals surface area contributed by atoms with Crippen molar-refractivity contribution in [3.05, 3.63) is 29.8 Å². The van der Waals surface area contributed by atoms with E-state index < -0.39 is 0 Å². The van der Waals surface area contributed by atoms with Crippen LogP contribution in [-0.4, -0.2) is 30.4 Å². The van der Waals surface area contributed by atoms with Crippen molar-refractivity contribution in [2.75, 3.05) is 18.5 Å². The maximum absolute atomic E-state index is 12.0. The highest BCUT2D eigenvalue weighted by Crippen LogP contribution is 2.23. The van der Waals surface area contributed by atoms with Gasteiger partial charge in [-0.25, -0.2) is 4.79 Å². The normalized spacial score (nSPS) is 21.4. The summed E-state index contributed by atoms with van der Waals surface area (Å²) in [4.78, 5) is 12.0. The van der Waals surface area contributed by atoms with Crippen LogP contribution in [0.5, 0.6) is 0 Å². The monoisotopic (exact) mass is 306 g/mol. The van der Waals surface area contributed by atoms with E-state index in [0.717, 1.165) is 36.9 Å². The Morgan fingerprint density at radius 3 is 2.95 bits per heavy atom. The minimum atomic E-state index is -0.212. The summed E-state index contributed by atoms with van der Waals surface area (Å²) in [6.45, 7) is 3.68. The maximum atomic E-state index is 12.0. The summed E-state index contributed by atoms with van der Waals surface area (Å²) >= 11 is 0. The zero-order valence-corrected chi connectivity index (χ0v) is 13.2. The zero-order valence-electron chi connectivity index (χ0n) is 13.2. The van der Waals surface area contributed by atoms with Gasteiger partial charge in [-0.15, -0.1) is 0 Å². The van der Waals surface area contributed by atoms with Gasteiger partial charge in [0.2, 0.25) is 0 Å². The largest absolute Gasteiger partial charge is 0.393 e. The summed E-state index contributed by atoms with van der Waals surface area (Å²) in [6.07, 6.45) is 3.55. The Hall–Kier alpha value is -1.59. The van der Waals surface area contributed by atoms with Gasteiger partial charge in [0.1, 0.15) is 0 Å². The number of rotatable bonds is 6. The van der Waals surface area contributed by atoms with Gasteiger partial charge in [-0.1, -0.05) is 24.6 Å². The van der Waals surface area contributed by atoms with Crippen molar-refractivity contribution in [1.29, 1.82) is 0 Å². The molecule has 0 aromatic heterocycles. The SMILES string of the molecule is CCOCc1ccccc1NC(=O)NCC1CCCC(O)C1. The second-order valence-corrected chi connectivity index (χ2v) is 5.82. The van der Waals surface area contributed by atoms with Crippen LogP contribution in [0.3, 0.4) is 0 Å². The highest BCUT2D eigenvalue weighted by Gasteiger charge is 2.20. The number of amides is 2. The van der Waals surface area contributed by atoms with Gasteiger partial charge in [-0.3, -0.25) is 0 Å². The first-order valence-electron chi connectivity index (χ1n) is 8.07. The van der Waals surface area contributed by atoms with Crippen LogP contribution in [0, 0.1) is 5.92 Å². The van der Waals surface area contributed by atoms with Crippen LogP contribution in [0.2, 0.25) is 0 Å². The molecule has 122 valence electrons. The van der Waals surface area contributed by atoms with Crippen molar-refractivity contribution >= 4 is 11.7 Å². The average Bonchev–Trinajstić information content (AvgIpc) is 2.52. The van der Waals surface area contributed by atoms with E-state index in [0.29, 0.717) is 25.7 Å². The molecule has 0 bridgehead atoms. The molecule has 1 aliphatic rings. The van der Waals surface area contributed by atoms with Gasteiger partial charge in [-0.05, 0) is 38.2 Å². The van der Waals surface area contributed by atoms with Crippen LogP contribution in [0.1, 0.15) is 38.2 Å². The molecule has 2 unspecified atom stereocenters. The number of ether oxygens (including phenoxy) is 1. The van der Waals surface area contributed by atoms with Crippen LogP contribution < -0.4 is 10.6 Å². The first-order chi connectivity index (χ1) is 10.7. The molecule has 0 spiro atoms. The number of hydrogen-bond acceptors (Lipinski definition) is 3. The minimum Gasteiger partial charge on any atom is -0.393 e. The average molecular weight is 306 g/mol. The molecule has 5 heteroatoms. The Kier molecular flexibility index (Phi) is 6.68. The molecule has 1 aliphatic carbocycles. The van der Waals surface area contributed by atoms with Crippen LogP contribution >= 0.6 is 0 Å². The zero-order chi connectivity index (χ0) is 15.8. The van der Waals surface area contributed by atoms with E-state index in [9.17, 15) is 9.90 Å². The molecule has 2 atom stereocenters. The van der Waals surface area contributed by atoms with Crippen molar-refractivity contribution in [2.24, 2.45) is 5.92 Å². The Labute approximate surface area is 132 Å². The fraction of sp³-hybridized carbons (Fsp3) is 0.588. The van der Waals surface area contributed by atoms with Gasteiger partial charge in [0, 0.05) is 24.4 Å². The summed E-state index contributed by atoms with van der Waals surface area (Å²) in [5.74, 6) is 0.369. The van der Waals surface area contributed by atoms with Gasteiger partial charge >= 0.3 is 6.03 Å². The third-order valence-corrected chi connectivity index (χ3v) is 4.03. The second kappa shape index (κ2) is 8.76. The number of para-hydroxylation sites is 1. The summed E-state index contributed by atoms with van der Waals surface area (Å²) in [5, 5.41) is 15.4. The summed E-state index contributed by atoms with van der Waals surface area (Å²) < 4.78 is 5.41. The Balaban J connectivity index is 1.81. The highest BCUT2D eigenvalue weighted by atomic mass is 16.5. The third-order valence-electron chi connectivity index (χ3n) is 4.03. The van der Waals surface area contributed by atoms with Crippen LogP contribution in [-0.2, 0) is 11.3 Å². The van der Waals surface area contributed by atoms with Gasteiger partial charge in [0.25, 0.3) is 0 Å². The van der Waals surface area contributed by atoms with Crippen molar-refractivity contribution in [3.63, 3.8) is 0 Å². The molecule has 3 N–H and O–H groups in total. The molecule has 0 radical (unpaired) electrons. The number of aliphatic hydroxyl groups excluding tert-OH is 1. The number of nitrogens with one attached hydrogen (secondary N) is 2. The van der Waals surface area contributed by atoms with Crippen molar-refractivity contribution < 1.29 is 14.6 Å². The van der Waals surface area contributed by atoms with Gasteiger partial charge in [0.05, 0.1) is 12.7 Å². The molecule has 1 aromatic carbocycles. The molecule has 2 amide bonds. The van der Waals surface area contributed by atoms with Crippen molar-refractivity contribution in [3.8, 4) is 0 Å². The number of urea groups is 1. The quantitative estimate of drug-likeness (QED) is 0.757. The van der Waals surface area contributed by atoms with Crippen molar-refractivity contribution in [1.82, 2.24) is 5.32 Å². The minimum absolute atomic E-state index is 0.205. The van der Waals surface area contributed by atoms with E-state index in [2.05, 4.69) is 10.6 Å². The molecule has 0 heterocycles. The van der Waals surface area contributed by atoms with E-state index in [1.54, 1.807) is 0 Å². The van der Waals surface area contributed by atoms with Gasteiger partial charge in [-0.2, -0.15) is 0 Å². The van der Waals surface area contributed by atoms with Crippen LogP contribution in [0.25, 0.3) is 0 Å². The van der Waals surface area contributed by atoms with E-state index in [1.807, 2.05) is 31.2 Å². The molecule has 0 saturated heterocycles. The molecule has 0 aliphatic heterocycles. The smallest absolute Gasteiger partial charge is 0.319 e. The number of anilines is 1. The van der Waals surface area contributed by atoms with E-state index in [4.69, 9.17) is 4.74 Å². The molecule has 1 saturated carbocycles. The molecule has 22 heavy (non-hydrogen) atoms. The second-order valence-electron chi connectivity index (χ2n) is 5.82. The third kappa shape index (κ3) is 5.31. The topological polar surface area (TPSA) is 70.6 Å². The van der Waals surface area contributed by atoms with Crippen LogP contribution in [0.4, 0.5) is 10.5 Å². The molecule has 5 nitrogen and oxygen atoms in total. The lowest BCUT2D eigenvalue weighted by Gasteiger charge is -2.26. The summed E-state index contributed by atoms with van der Waals surface area (Å²) in [7, 11) is 0. The first-order valence-corrected chi connectivity index (χ1v) is 8.07. The van der Waals surface area contributed by atoms with Gasteiger partial charge < -0.3 is 20.5 Å². The van der Waals surface area contributed by atoms with E-state index >= 15 is 0 Å². The number of carbonyl (C=O) groups is 1. The Morgan fingerprint density at radius 2 is 2.18 bits per heavy atom. The number of hydrogen-bond donors (Lipinski definition) is 3. The predicted molar refractivity (Wildman–Crippen MR) is 86.8 cm³/mol. The molecule has 1 aromatic rings. The lowest BCUT2D eigenvalue weighted by atomic mass is 9.87. The lowest BCUT2D eigenvalue weighted by molar-refractivity contribution is 0.101. The van der Waals surface area contributed by atoms with E-state index in [-0.39, 0.29) is 12.1 Å². The molecular formula is C17H26N2O3.